The second-order valence-corrected chi connectivity index (χ2v) is 3.83. The van der Waals surface area contributed by atoms with Gasteiger partial charge >= 0.3 is 0 Å². The molecule has 0 saturated carbocycles. The van der Waals surface area contributed by atoms with Gasteiger partial charge in [0.2, 0.25) is 0 Å². The lowest BCUT2D eigenvalue weighted by Crippen LogP contribution is -2.17. The minimum Gasteiger partial charge on any atom is -0.0879 e. The zero-order valence-electron chi connectivity index (χ0n) is 9.41. The van der Waals surface area contributed by atoms with Gasteiger partial charge in [0.1, 0.15) is 0 Å². The van der Waals surface area contributed by atoms with Crippen LogP contribution in [0.5, 0.6) is 0 Å². The molecule has 0 spiro atoms. The van der Waals surface area contributed by atoms with E-state index in [0.29, 0.717) is 5.41 Å². The van der Waals surface area contributed by atoms with Crippen molar-refractivity contribution in [2.45, 2.75) is 60.3 Å². The lowest BCUT2D eigenvalue weighted by molar-refractivity contribution is 0.338. The summed E-state index contributed by atoms with van der Waals surface area (Å²) in [5.41, 5.74) is 2.10. The molecule has 0 nitrogen and oxygen atoms in total. The minimum atomic E-state index is 0.470. The van der Waals surface area contributed by atoms with Crippen molar-refractivity contribution in [2.24, 2.45) is 5.41 Å². The topological polar surface area (TPSA) is 0 Å². The molecule has 0 bridgehead atoms. The van der Waals surface area contributed by atoms with E-state index in [-0.39, 0.29) is 0 Å². The molecule has 0 heteroatoms. The third-order valence-electron chi connectivity index (χ3n) is 3.09. The smallest absolute Gasteiger partial charge is 0.0119 e. The van der Waals surface area contributed by atoms with Crippen LogP contribution in [-0.4, -0.2) is 0 Å². The molecule has 0 rings (SSSR count). The van der Waals surface area contributed by atoms with Crippen LogP contribution in [0.2, 0.25) is 0 Å². The molecule has 0 aliphatic carbocycles. The first-order chi connectivity index (χ1) is 5.64. The summed E-state index contributed by atoms with van der Waals surface area (Å²) < 4.78 is 0. The highest BCUT2D eigenvalue weighted by atomic mass is 14.3. The molecule has 0 aliphatic heterocycles. The molecule has 0 aromatic carbocycles. The van der Waals surface area contributed by atoms with Crippen LogP contribution in [0.1, 0.15) is 60.3 Å². The van der Waals surface area contributed by atoms with Crippen molar-refractivity contribution in [3.63, 3.8) is 0 Å². The first kappa shape index (κ1) is 11.7. The Balaban J connectivity index is 4.48. The van der Waals surface area contributed by atoms with Gasteiger partial charge in [-0.05, 0) is 31.6 Å². The van der Waals surface area contributed by atoms with E-state index >= 15 is 0 Å². The van der Waals surface area contributed by atoms with Crippen molar-refractivity contribution >= 4 is 0 Å². The van der Waals surface area contributed by atoms with Gasteiger partial charge in [-0.2, -0.15) is 0 Å². The number of rotatable bonds is 5. The molecule has 72 valence electrons. The van der Waals surface area contributed by atoms with Crippen LogP contribution in [0.4, 0.5) is 0 Å². The van der Waals surface area contributed by atoms with E-state index in [4.69, 9.17) is 0 Å². The second kappa shape index (κ2) is 5.40. The third kappa shape index (κ3) is 2.66. The van der Waals surface area contributed by atoms with Crippen molar-refractivity contribution in [1.82, 2.24) is 0 Å². The van der Waals surface area contributed by atoms with Gasteiger partial charge in [-0.3, -0.25) is 0 Å². The molecule has 0 fully saturated rings. The molecule has 0 amide bonds. The Labute approximate surface area is 78.1 Å². The Kier molecular flexibility index (Phi) is 5.28. The van der Waals surface area contributed by atoms with E-state index in [2.05, 4.69) is 40.7 Å². The van der Waals surface area contributed by atoms with E-state index in [1.807, 2.05) is 0 Å². The summed E-state index contributed by atoms with van der Waals surface area (Å²) in [6, 6.07) is 0. The molecule has 1 atom stereocenters. The van der Waals surface area contributed by atoms with Crippen LogP contribution in [-0.2, 0) is 0 Å². The zero-order valence-corrected chi connectivity index (χ0v) is 9.41. The molecular formula is C12H24. The minimum absolute atomic E-state index is 0.470. The normalized spacial score (nSPS) is 17.6. The maximum atomic E-state index is 2.40. The highest BCUT2D eigenvalue weighted by Crippen LogP contribution is 2.37. The van der Waals surface area contributed by atoms with Gasteiger partial charge in [0, 0.05) is 0 Å². The van der Waals surface area contributed by atoms with E-state index in [1.54, 1.807) is 5.57 Å². The summed E-state index contributed by atoms with van der Waals surface area (Å²) in [5, 5.41) is 0. The molecular weight excluding hydrogens is 144 g/mol. The fourth-order valence-corrected chi connectivity index (χ4v) is 2.10. The van der Waals surface area contributed by atoms with Crippen LogP contribution < -0.4 is 0 Å². The lowest BCUT2D eigenvalue weighted by atomic mass is 9.75. The monoisotopic (exact) mass is 168 g/mol. The second-order valence-electron chi connectivity index (χ2n) is 3.83. The molecule has 0 aromatic heterocycles. The third-order valence-corrected chi connectivity index (χ3v) is 3.09. The summed E-state index contributed by atoms with van der Waals surface area (Å²) in [4.78, 5) is 0. The molecule has 0 heterocycles. The van der Waals surface area contributed by atoms with Gasteiger partial charge in [-0.1, -0.05) is 45.8 Å². The van der Waals surface area contributed by atoms with Crippen LogP contribution in [0.3, 0.4) is 0 Å². The van der Waals surface area contributed by atoms with Crippen molar-refractivity contribution in [2.75, 3.05) is 0 Å². The van der Waals surface area contributed by atoms with Crippen LogP contribution in [0.25, 0.3) is 0 Å². The van der Waals surface area contributed by atoms with Gasteiger partial charge < -0.3 is 0 Å². The van der Waals surface area contributed by atoms with Gasteiger partial charge in [0.25, 0.3) is 0 Å². The van der Waals surface area contributed by atoms with Crippen LogP contribution >= 0.6 is 0 Å². The van der Waals surface area contributed by atoms with Crippen molar-refractivity contribution in [1.29, 1.82) is 0 Å². The van der Waals surface area contributed by atoms with Crippen molar-refractivity contribution < 1.29 is 0 Å². The van der Waals surface area contributed by atoms with E-state index < -0.39 is 0 Å². The Morgan fingerprint density at radius 1 is 1.25 bits per heavy atom. The quantitative estimate of drug-likeness (QED) is 0.528. The molecule has 0 N–H and O–H groups in total. The van der Waals surface area contributed by atoms with Gasteiger partial charge in [0.15, 0.2) is 0 Å². The Hall–Kier alpha value is -0.260. The predicted octanol–water partition coefficient (Wildman–Crippen LogP) is 4.56. The number of allylic oxidation sites excluding steroid dienone is 2. The predicted molar refractivity (Wildman–Crippen MR) is 57.4 cm³/mol. The Bertz CT molecular complexity index is 144. The number of hydrogen-bond acceptors (Lipinski definition) is 0. The average molecular weight is 168 g/mol. The molecule has 0 saturated heterocycles. The summed E-state index contributed by atoms with van der Waals surface area (Å²) in [6.45, 7) is 11.4. The first-order valence-electron chi connectivity index (χ1n) is 5.30. The highest BCUT2D eigenvalue weighted by Gasteiger charge is 2.23. The fourth-order valence-electron chi connectivity index (χ4n) is 2.10. The van der Waals surface area contributed by atoms with Crippen LogP contribution in [0.15, 0.2) is 11.6 Å². The highest BCUT2D eigenvalue weighted by molar-refractivity contribution is 5.11. The zero-order chi connectivity index (χ0) is 9.61. The first-order valence-corrected chi connectivity index (χ1v) is 5.30. The Morgan fingerprint density at radius 3 is 2.08 bits per heavy atom. The SMILES string of the molecule is CC=C(CC)C(C)(CC)CCC. The lowest BCUT2D eigenvalue weighted by Gasteiger charge is -2.30. The van der Waals surface area contributed by atoms with Crippen LogP contribution in [0, 0.1) is 5.41 Å². The largest absolute Gasteiger partial charge is 0.0879 e. The maximum Gasteiger partial charge on any atom is -0.0119 e. The van der Waals surface area contributed by atoms with E-state index in [0.717, 1.165) is 0 Å². The maximum absolute atomic E-state index is 2.40. The molecule has 0 aliphatic rings. The van der Waals surface area contributed by atoms with E-state index in [1.165, 1.54) is 25.7 Å². The molecule has 0 aromatic rings. The summed E-state index contributed by atoms with van der Waals surface area (Å²) in [7, 11) is 0. The number of hydrogen-bond donors (Lipinski definition) is 0. The van der Waals surface area contributed by atoms with Gasteiger partial charge in [-0.15, -0.1) is 0 Å². The van der Waals surface area contributed by atoms with Crippen molar-refractivity contribution in [3.05, 3.63) is 11.6 Å². The standard InChI is InChI=1S/C12H24/c1-6-10-12(5,9-4)11(7-2)8-3/h7H,6,8-10H2,1-5H3. The van der Waals surface area contributed by atoms with Crippen molar-refractivity contribution in [3.8, 4) is 0 Å². The summed E-state index contributed by atoms with van der Waals surface area (Å²) in [5.74, 6) is 0. The Morgan fingerprint density at radius 2 is 1.83 bits per heavy atom. The fraction of sp³-hybridized carbons (Fsp3) is 0.833. The average Bonchev–Trinajstić information content (AvgIpc) is 2.07. The van der Waals surface area contributed by atoms with E-state index in [9.17, 15) is 0 Å². The molecule has 12 heavy (non-hydrogen) atoms. The molecule has 0 radical (unpaired) electrons. The van der Waals surface area contributed by atoms with Gasteiger partial charge in [-0.25, -0.2) is 0 Å². The molecule has 1 unspecified atom stereocenters. The summed E-state index contributed by atoms with van der Waals surface area (Å²) >= 11 is 0. The van der Waals surface area contributed by atoms with Gasteiger partial charge in [0.05, 0.1) is 0 Å². The summed E-state index contributed by atoms with van der Waals surface area (Å²) in [6.07, 6.45) is 7.41.